The Bertz CT molecular complexity index is 24.0. The largest absolute Gasteiger partial charge is 4.00 e. The molecule has 0 rings (SSSR count). The second-order valence-electron chi connectivity index (χ2n) is 0.396. The molecule has 0 aliphatic carbocycles. The van der Waals surface area contributed by atoms with Crippen LogP contribution in [0, 0.1) is 10.2 Å². The molecule has 0 bridgehead atoms. The van der Waals surface area contributed by atoms with E-state index >= 15 is 0 Å². The summed E-state index contributed by atoms with van der Waals surface area (Å²) in [6.45, 7) is 0. The van der Waals surface area contributed by atoms with Gasteiger partial charge >= 0.3 is 21.7 Å². The Balaban J connectivity index is -0.0000000267. The fourth-order valence-electron chi connectivity index (χ4n) is 0. The SMILES string of the molecule is [O-2].[O-2].[O-][Cl+3]([O-])([O-])O.[Ti+4]. The number of rotatable bonds is 0. The van der Waals surface area contributed by atoms with Crippen LogP contribution < -0.4 is 14.0 Å². The molecule has 0 saturated carbocycles. The van der Waals surface area contributed by atoms with Crippen molar-refractivity contribution >= 4 is 0 Å². The molecular formula is HClO6Ti. The zero-order chi connectivity index (χ0) is 4.50. The Morgan fingerprint density at radius 3 is 1.00 bits per heavy atom. The third kappa shape index (κ3) is 385. The average Bonchev–Trinajstić information content (AvgIpc) is 0.722. The third-order valence-electron chi connectivity index (χ3n) is 0. The molecule has 0 aliphatic rings. The van der Waals surface area contributed by atoms with Crippen LogP contribution in [-0.4, -0.2) is 4.66 Å². The van der Waals surface area contributed by atoms with Gasteiger partial charge in [-0.05, 0) is 0 Å². The monoisotopic (exact) mass is 180 g/mol. The minimum absolute atomic E-state index is 0. The zero-order valence-electron chi connectivity index (χ0n) is 3.37. The molecule has 0 aromatic carbocycles. The molecule has 0 aromatic rings. The van der Waals surface area contributed by atoms with E-state index in [9.17, 15) is 0 Å². The van der Waals surface area contributed by atoms with Gasteiger partial charge in [-0.25, -0.2) is 0 Å². The summed E-state index contributed by atoms with van der Waals surface area (Å²) in [6, 6.07) is 0. The molecule has 48 valence electrons. The summed E-state index contributed by atoms with van der Waals surface area (Å²) >= 11 is 0. The molecule has 6 nitrogen and oxygen atoms in total. The predicted octanol–water partition coefficient (Wildman–Crippen LogP) is -4.36. The van der Waals surface area contributed by atoms with Gasteiger partial charge in [0.15, 0.2) is 0 Å². The van der Waals surface area contributed by atoms with E-state index in [1.54, 1.807) is 0 Å². The minimum Gasteiger partial charge on any atom is -2.00 e. The van der Waals surface area contributed by atoms with Crippen molar-refractivity contribution in [3.8, 4) is 0 Å². The molecule has 0 atom stereocenters. The first-order chi connectivity index (χ1) is 2.00. The van der Waals surface area contributed by atoms with Crippen molar-refractivity contribution in [2.75, 3.05) is 0 Å². The Morgan fingerprint density at radius 2 is 1.00 bits per heavy atom. The predicted molar refractivity (Wildman–Crippen MR) is 3.59 cm³/mol. The Hall–Kier alpha value is 0.764. The molecule has 0 aromatic heterocycles. The van der Waals surface area contributed by atoms with E-state index in [2.05, 4.69) is 0 Å². The van der Waals surface area contributed by atoms with Gasteiger partial charge in [0, 0.05) is 0 Å². The van der Waals surface area contributed by atoms with Gasteiger partial charge in [-0.2, -0.15) is 14.0 Å². The van der Waals surface area contributed by atoms with Crippen molar-refractivity contribution in [1.29, 1.82) is 0 Å². The van der Waals surface area contributed by atoms with Crippen LogP contribution in [0.5, 0.6) is 0 Å². The van der Waals surface area contributed by atoms with Gasteiger partial charge in [0.1, 0.15) is 0 Å². The van der Waals surface area contributed by atoms with Crippen molar-refractivity contribution in [3.63, 3.8) is 0 Å². The van der Waals surface area contributed by atoms with Crippen LogP contribution in [0.4, 0.5) is 0 Å². The van der Waals surface area contributed by atoms with Crippen molar-refractivity contribution in [1.82, 2.24) is 0 Å². The van der Waals surface area contributed by atoms with Gasteiger partial charge in [0.05, 0.1) is 14.9 Å². The summed E-state index contributed by atoms with van der Waals surface area (Å²) in [6.07, 6.45) is 0. The van der Waals surface area contributed by atoms with Crippen LogP contribution in [0.2, 0.25) is 0 Å². The van der Waals surface area contributed by atoms with Gasteiger partial charge in [-0.1, -0.05) is 0 Å². The standard InChI is InChI=1S/ClHO4.2O.Ti/c2-1(3,4)5;;;/h(H,2,3,4,5);;;/q;2*-2;+4. The van der Waals surface area contributed by atoms with Crippen molar-refractivity contribution in [3.05, 3.63) is 0 Å². The maximum absolute atomic E-state index is 8.60. The normalized spacial score (nSPS) is 7.50. The fourth-order valence-corrected chi connectivity index (χ4v) is 0. The van der Waals surface area contributed by atoms with Gasteiger partial charge < -0.3 is 11.0 Å². The Morgan fingerprint density at radius 1 is 1.00 bits per heavy atom. The summed E-state index contributed by atoms with van der Waals surface area (Å²) in [7, 11) is -4.69. The first kappa shape index (κ1) is 23.3. The van der Waals surface area contributed by atoms with Crippen LogP contribution in [0.15, 0.2) is 0 Å². The van der Waals surface area contributed by atoms with E-state index in [0.29, 0.717) is 0 Å². The first-order valence-electron chi connectivity index (χ1n) is 0.632. The third-order valence-corrected chi connectivity index (χ3v) is 0. The molecule has 1 N–H and O–H groups in total. The van der Waals surface area contributed by atoms with Gasteiger partial charge in [0.25, 0.3) is 0 Å². The summed E-state index contributed by atoms with van der Waals surface area (Å²) in [5.41, 5.74) is 0. The molecular weight excluding hydrogens is 179 g/mol. The average molecular weight is 180 g/mol. The second-order valence-corrected chi connectivity index (χ2v) is 1.19. The summed E-state index contributed by atoms with van der Waals surface area (Å²) < 4.78 is 32.7. The Kier molecular flexibility index (Phi) is 22.6. The van der Waals surface area contributed by atoms with E-state index in [0.717, 1.165) is 0 Å². The molecule has 0 spiro atoms. The quantitative estimate of drug-likeness (QED) is 0.375. The maximum Gasteiger partial charge on any atom is 4.00 e. The molecule has 0 saturated heterocycles. The molecule has 0 radical (unpaired) electrons. The van der Waals surface area contributed by atoms with E-state index in [1.165, 1.54) is 0 Å². The molecule has 0 amide bonds. The number of halogens is 1. The van der Waals surface area contributed by atoms with Crippen molar-refractivity contribution in [2.45, 2.75) is 0 Å². The molecule has 8 heavy (non-hydrogen) atoms. The van der Waals surface area contributed by atoms with Gasteiger partial charge in [0.2, 0.25) is 0 Å². The number of hydrogen-bond acceptors (Lipinski definition) is 4. The van der Waals surface area contributed by atoms with E-state index in [1.807, 2.05) is 0 Å². The summed E-state index contributed by atoms with van der Waals surface area (Å²) in [4.78, 5) is 0. The maximum atomic E-state index is 8.60. The van der Waals surface area contributed by atoms with E-state index in [4.69, 9.17) is 18.6 Å². The van der Waals surface area contributed by atoms with Crippen LogP contribution in [-0.2, 0) is 32.7 Å². The molecule has 8 heteroatoms. The van der Waals surface area contributed by atoms with Gasteiger partial charge in [-0.3, -0.25) is 0 Å². The van der Waals surface area contributed by atoms with Gasteiger partial charge in [-0.15, -0.1) is 0 Å². The summed E-state index contributed by atoms with van der Waals surface area (Å²) in [5, 5.41) is 0. The van der Waals surface area contributed by atoms with E-state index < -0.39 is 10.2 Å². The second kappa shape index (κ2) is 7.76. The number of hydrogen-bond donors (Lipinski definition) is 1. The fraction of sp³-hybridized carbons (Fsp3) is 0. The first-order valence-corrected chi connectivity index (χ1v) is 1.90. The van der Waals surface area contributed by atoms with Crippen molar-refractivity contribution < 1.29 is 61.5 Å². The molecule has 0 fully saturated rings. The van der Waals surface area contributed by atoms with Crippen LogP contribution >= 0.6 is 0 Å². The van der Waals surface area contributed by atoms with Crippen LogP contribution in [0.1, 0.15) is 0 Å². The van der Waals surface area contributed by atoms with Crippen LogP contribution in [0.25, 0.3) is 0 Å². The molecule has 0 aliphatic heterocycles. The molecule has 0 heterocycles. The zero-order valence-corrected chi connectivity index (χ0v) is 5.68. The minimum atomic E-state index is -4.69. The van der Waals surface area contributed by atoms with Crippen molar-refractivity contribution in [2.24, 2.45) is 0 Å². The van der Waals surface area contributed by atoms with E-state index in [-0.39, 0.29) is 32.7 Å². The molecule has 0 unspecified atom stereocenters. The smallest absolute Gasteiger partial charge is 2.00 e. The van der Waals surface area contributed by atoms with Crippen LogP contribution in [0.3, 0.4) is 0 Å². The topological polar surface area (TPSA) is 146 Å². The summed E-state index contributed by atoms with van der Waals surface area (Å²) in [5.74, 6) is 0. The Labute approximate surface area is 62.0 Å².